The van der Waals surface area contributed by atoms with Crippen LogP contribution in [0, 0.1) is 0 Å². The van der Waals surface area contributed by atoms with Crippen LogP contribution in [0.3, 0.4) is 0 Å². The van der Waals surface area contributed by atoms with Gasteiger partial charge in [-0.1, -0.05) is 6.07 Å². The largest absolute Gasteiger partial charge is 0.376 e. The summed E-state index contributed by atoms with van der Waals surface area (Å²) in [6.45, 7) is 5.64. The number of nitrogens with zero attached hydrogens (tertiary/aromatic N) is 4. The summed E-state index contributed by atoms with van der Waals surface area (Å²) in [5, 5.41) is 0. The lowest BCUT2D eigenvalue weighted by Gasteiger charge is -2.31. The minimum absolute atomic E-state index is 0.392. The Morgan fingerprint density at radius 3 is 3.05 bits per heavy atom. The van der Waals surface area contributed by atoms with Crippen molar-refractivity contribution in [1.29, 1.82) is 0 Å². The molecule has 0 amide bonds. The second kappa shape index (κ2) is 6.37. The minimum atomic E-state index is 0.392. The van der Waals surface area contributed by atoms with Gasteiger partial charge < -0.3 is 9.30 Å². The first-order chi connectivity index (χ1) is 10.3. The average molecular weight is 286 g/mol. The van der Waals surface area contributed by atoms with Crippen molar-refractivity contribution < 1.29 is 4.74 Å². The van der Waals surface area contributed by atoms with Crippen molar-refractivity contribution in [2.45, 2.75) is 32.5 Å². The van der Waals surface area contributed by atoms with Crippen molar-refractivity contribution in [3.8, 4) is 0 Å². The summed E-state index contributed by atoms with van der Waals surface area (Å²) >= 11 is 0. The molecule has 0 aliphatic carbocycles. The molecule has 3 rings (SSSR count). The summed E-state index contributed by atoms with van der Waals surface area (Å²) in [5.41, 5.74) is 2.39. The van der Waals surface area contributed by atoms with Crippen LogP contribution in [-0.4, -0.2) is 39.6 Å². The monoisotopic (exact) mass is 286 g/mol. The number of pyridine rings is 1. The molecule has 1 aliphatic rings. The van der Waals surface area contributed by atoms with Gasteiger partial charge in [0.05, 0.1) is 19.3 Å². The fourth-order valence-corrected chi connectivity index (χ4v) is 2.72. The molecule has 3 heterocycles. The zero-order chi connectivity index (χ0) is 14.7. The summed E-state index contributed by atoms with van der Waals surface area (Å²) < 4.78 is 8.09. The van der Waals surface area contributed by atoms with Crippen molar-refractivity contribution in [2.75, 3.05) is 20.2 Å². The van der Waals surface area contributed by atoms with Gasteiger partial charge in [-0.05, 0) is 25.6 Å². The molecule has 1 aliphatic heterocycles. The van der Waals surface area contributed by atoms with E-state index in [4.69, 9.17) is 4.74 Å². The number of hydrogen-bond donors (Lipinski definition) is 0. The highest BCUT2D eigenvalue weighted by molar-refractivity contribution is 5.11. The SMILES string of the molecule is C[C@@H]1c2ncc(CCOCc3cccnc3)n2CCN1C. The maximum Gasteiger partial charge on any atom is 0.126 e. The molecule has 0 radical (unpaired) electrons. The molecule has 5 heteroatoms. The van der Waals surface area contributed by atoms with E-state index in [9.17, 15) is 0 Å². The third kappa shape index (κ3) is 3.14. The van der Waals surface area contributed by atoms with Crippen LogP contribution in [0.5, 0.6) is 0 Å². The van der Waals surface area contributed by atoms with Gasteiger partial charge in [0.15, 0.2) is 0 Å². The predicted octanol–water partition coefficient (Wildman–Crippen LogP) is 2.04. The first-order valence-corrected chi connectivity index (χ1v) is 7.47. The van der Waals surface area contributed by atoms with E-state index < -0.39 is 0 Å². The van der Waals surface area contributed by atoms with Crippen LogP contribution in [0.1, 0.15) is 30.0 Å². The average Bonchev–Trinajstić information content (AvgIpc) is 2.92. The molecule has 0 bridgehead atoms. The molecule has 112 valence electrons. The normalized spacial score (nSPS) is 18.7. The zero-order valence-corrected chi connectivity index (χ0v) is 12.7. The van der Waals surface area contributed by atoms with Gasteiger partial charge in [0.2, 0.25) is 0 Å². The van der Waals surface area contributed by atoms with Gasteiger partial charge in [0, 0.05) is 43.8 Å². The van der Waals surface area contributed by atoms with Crippen LogP contribution in [0.25, 0.3) is 0 Å². The van der Waals surface area contributed by atoms with E-state index in [1.54, 1.807) is 6.20 Å². The fourth-order valence-electron chi connectivity index (χ4n) is 2.72. The molecule has 0 aromatic carbocycles. The van der Waals surface area contributed by atoms with Crippen LogP contribution < -0.4 is 0 Å². The Balaban J connectivity index is 1.54. The number of likely N-dealkylation sites (N-methyl/N-ethyl adjacent to an activating group) is 1. The van der Waals surface area contributed by atoms with Gasteiger partial charge in [-0.25, -0.2) is 4.98 Å². The first kappa shape index (κ1) is 14.2. The maximum absolute atomic E-state index is 5.74. The maximum atomic E-state index is 5.74. The molecular formula is C16H22N4O. The van der Waals surface area contributed by atoms with E-state index in [1.807, 2.05) is 24.5 Å². The van der Waals surface area contributed by atoms with E-state index in [0.29, 0.717) is 19.3 Å². The van der Waals surface area contributed by atoms with Crippen molar-refractivity contribution in [3.05, 3.63) is 47.8 Å². The molecule has 0 N–H and O–H groups in total. The molecule has 21 heavy (non-hydrogen) atoms. The van der Waals surface area contributed by atoms with E-state index in [1.165, 1.54) is 11.5 Å². The van der Waals surface area contributed by atoms with E-state index in [-0.39, 0.29) is 0 Å². The number of ether oxygens (including phenoxy) is 1. The molecule has 1 atom stereocenters. The third-order valence-corrected chi connectivity index (χ3v) is 4.17. The number of imidazole rings is 1. The standard InChI is InChI=1S/C16H22N4O/c1-13-16-18-11-15(20(16)8-7-19(13)2)5-9-21-12-14-4-3-6-17-10-14/h3-4,6,10-11,13H,5,7-9,12H2,1-2H3/t13-/m1/s1. The summed E-state index contributed by atoms with van der Waals surface area (Å²) in [4.78, 5) is 11.0. The van der Waals surface area contributed by atoms with E-state index in [2.05, 4.69) is 33.4 Å². The van der Waals surface area contributed by atoms with Crippen LogP contribution in [0.4, 0.5) is 0 Å². The number of fused-ring (bicyclic) bond motifs is 1. The second-order valence-electron chi connectivity index (χ2n) is 5.58. The highest BCUT2D eigenvalue weighted by Gasteiger charge is 2.23. The zero-order valence-electron chi connectivity index (χ0n) is 12.7. The molecule has 0 saturated heterocycles. The quantitative estimate of drug-likeness (QED) is 0.789. The van der Waals surface area contributed by atoms with Crippen molar-refractivity contribution >= 4 is 0 Å². The molecule has 0 unspecified atom stereocenters. The van der Waals surface area contributed by atoms with Gasteiger partial charge in [-0.15, -0.1) is 0 Å². The molecule has 0 fully saturated rings. The minimum Gasteiger partial charge on any atom is -0.376 e. The smallest absolute Gasteiger partial charge is 0.126 e. The lowest BCUT2D eigenvalue weighted by molar-refractivity contribution is 0.121. The van der Waals surface area contributed by atoms with E-state index in [0.717, 1.165) is 25.1 Å². The Kier molecular flexibility index (Phi) is 4.31. The Hall–Kier alpha value is -1.72. The van der Waals surface area contributed by atoms with E-state index >= 15 is 0 Å². The van der Waals surface area contributed by atoms with Gasteiger partial charge in [0.1, 0.15) is 5.82 Å². The first-order valence-electron chi connectivity index (χ1n) is 7.47. The number of hydrogen-bond acceptors (Lipinski definition) is 4. The van der Waals surface area contributed by atoms with Gasteiger partial charge >= 0.3 is 0 Å². The van der Waals surface area contributed by atoms with Gasteiger partial charge in [0.25, 0.3) is 0 Å². The Bertz CT molecular complexity index is 581. The highest BCUT2D eigenvalue weighted by Crippen LogP contribution is 2.23. The topological polar surface area (TPSA) is 43.2 Å². The van der Waals surface area contributed by atoms with Crippen molar-refractivity contribution in [2.24, 2.45) is 0 Å². The molecule has 2 aromatic heterocycles. The van der Waals surface area contributed by atoms with Crippen LogP contribution in [0.15, 0.2) is 30.7 Å². The fraction of sp³-hybridized carbons (Fsp3) is 0.500. The van der Waals surface area contributed by atoms with Crippen LogP contribution in [-0.2, 0) is 24.3 Å². The third-order valence-electron chi connectivity index (χ3n) is 4.17. The summed E-state index contributed by atoms with van der Waals surface area (Å²) in [6.07, 6.45) is 6.53. The van der Waals surface area contributed by atoms with Crippen LogP contribution in [0.2, 0.25) is 0 Å². The second-order valence-corrected chi connectivity index (χ2v) is 5.58. The van der Waals surface area contributed by atoms with Gasteiger partial charge in [-0.2, -0.15) is 0 Å². The lowest BCUT2D eigenvalue weighted by atomic mass is 10.2. The Morgan fingerprint density at radius 2 is 2.24 bits per heavy atom. The lowest BCUT2D eigenvalue weighted by Crippen LogP contribution is -2.34. The predicted molar refractivity (Wildman–Crippen MR) is 80.9 cm³/mol. The highest BCUT2D eigenvalue weighted by atomic mass is 16.5. The van der Waals surface area contributed by atoms with Crippen molar-refractivity contribution in [3.63, 3.8) is 0 Å². The Labute approximate surface area is 125 Å². The molecular weight excluding hydrogens is 264 g/mol. The summed E-state index contributed by atoms with van der Waals surface area (Å²) in [5.74, 6) is 1.17. The molecule has 0 spiro atoms. The molecule has 2 aromatic rings. The molecule has 0 saturated carbocycles. The summed E-state index contributed by atoms with van der Waals surface area (Å²) in [6, 6.07) is 4.36. The van der Waals surface area contributed by atoms with Crippen LogP contribution >= 0.6 is 0 Å². The summed E-state index contributed by atoms with van der Waals surface area (Å²) in [7, 11) is 2.15. The van der Waals surface area contributed by atoms with Crippen molar-refractivity contribution in [1.82, 2.24) is 19.4 Å². The Morgan fingerprint density at radius 1 is 1.33 bits per heavy atom. The molecule has 5 nitrogen and oxygen atoms in total. The number of rotatable bonds is 5. The number of aromatic nitrogens is 3. The van der Waals surface area contributed by atoms with Gasteiger partial charge in [-0.3, -0.25) is 9.88 Å².